The number of anilines is 1. The van der Waals surface area contributed by atoms with Crippen LogP contribution in [0.3, 0.4) is 0 Å². The Hall–Kier alpha value is -5.52. The van der Waals surface area contributed by atoms with Crippen molar-refractivity contribution in [3.05, 3.63) is 184 Å². The van der Waals surface area contributed by atoms with Crippen LogP contribution in [-0.2, 0) is 28.2 Å². The SMILES string of the molecule is O=C(NCc1cccc(-c2ccc(C3OC(CN4CCC(O)(c5ccc(Cl)cc5)CC4)CC(c4ccc(CO)cc4)O3)cc2)c1)Nc1ccc(Oc2ccccc2)cc1. The van der Waals surface area contributed by atoms with Crippen molar-refractivity contribution in [1.29, 1.82) is 0 Å². The lowest BCUT2D eigenvalue weighted by molar-refractivity contribution is -0.253. The number of benzene rings is 6. The Labute approximate surface area is 350 Å². The second-order valence-electron chi connectivity index (χ2n) is 15.3. The maximum absolute atomic E-state index is 12.8. The van der Waals surface area contributed by atoms with Gasteiger partial charge in [0.2, 0.25) is 0 Å². The van der Waals surface area contributed by atoms with Gasteiger partial charge in [-0.15, -0.1) is 0 Å². The molecule has 9 nitrogen and oxygen atoms in total. The van der Waals surface area contributed by atoms with Crippen LogP contribution in [0.1, 0.15) is 59.5 Å². The predicted octanol–water partition coefficient (Wildman–Crippen LogP) is 10.1. The highest BCUT2D eigenvalue weighted by molar-refractivity contribution is 6.30. The topological polar surface area (TPSA) is 113 Å². The van der Waals surface area contributed by atoms with Gasteiger partial charge in [-0.25, -0.2) is 4.79 Å². The summed E-state index contributed by atoms with van der Waals surface area (Å²) < 4.78 is 19.2. The average Bonchev–Trinajstić information content (AvgIpc) is 3.28. The summed E-state index contributed by atoms with van der Waals surface area (Å²) in [4.78, 5) is 15.1. The van der Waals surface area contributed by atoms with Crippen LogP contribution in [0.15, 0.2) is 152 Å². The molecule has 0 bridgehead atoms. The Morgan fingerprint density at radius 1 is 0.746 bits per heavy atom. The lowest BCUT2D eigenvalue weighted by Crippen LogP contribution is -2.46. The minimum Gasteiger partial charge on any atom is -0.457 e. The zero-order valence-corrected chi connectivity index (χ0v) is 33.4. The number of para-hydroxylation sites is 1. The van der Waals surface area contributed by atoms with Gasteiger partial charge >= 0.3 is 6.03 Å². The van der Waals surface area contributed by atoms with Crippen LogP contribution >= 0.6 is 11.6 Å². The molecule has 0 spiro atoms. The van der Waals surface area contributed by atoms with E-state index in [9.17, 15) is 15.0 Å². The Bertz CT molecular complexity index is 2280. The summed E-state index contributed by atoms with van der Waals surface area (Å²) in [6.07, 6.45) is 1.05. The van der Waals surface area contributed by atoms with Crippen molar-refractivity contribution in [2.45, 2.75) is 56.5 Å². The van der Waals surface area contributed by atoms with E-state index < -0.39 is 11.9 Å². The summed E-state index contributed by atoms with van der Waals surface area (Å²) in [5, 5.41) is 27.6. The van der Waals surface area contributed by atoms with E-state index in [1.54, 1.807) is 12.1 Å². The van der Waals surface area contributed by atoms with Crippen molar-refractivity contribution in [2.75, 3.05) is 25.0 Å². The first-order chi connectivity index (χ1) is 28.8. The van der Waals surface area contributed by atoms with E-state index in [-0.39, 0.29) is 24.8 Å². The molecule has 2 aliphatic rings. The van der Waals surface area contributed by atoms with E-state index in [1.807, 2.05) is 103 Å². The molecule has 0 aromatic heterocycles. The minimum absolute atomic E-state index is 0.0137. The molecule has 2 amide bonds. The average molecular weight is 810 g/mol. The normalized spacial score (nSPS) is 19.1. The Kier molecular flexibility index (Phi) is 12.7. The van der Waals surface area contributed by atoms with E-state index >= 15 is 0 Å². The zero-order chi connectivity index (χ0) is 40.6. The number of piperidine rings is 1. The largest absolute Gasteiger partial charge is 0.457 e. The molecule has 0 saturated carbocycles. The van der Waals surface area contributed by atoms with Gasteiger partial charge in [-0.1, -0.05) is 109 Å². The number of nitrogens with zero attached hydrogens (tertiary/aromatic N) is 1. The molecule has 3 atom stereocenters. The van der Waals surface area contributed by atoms with E-state index in [2.05, 4.69) is 51.9 Å². The van der Waals surface area contributed by atoms with Crippen molar-refractivity contribution in [2.24, 2.45) is 0 Å². The summed E-state index contributed by atoms with van der Waals surface area (Å²) in [5.74, 6) is 1.43. The van der Waals surface area contributed by atoms with E-state index in [4.69, 9.17) is 25.8 Å². The van der Waals surface area contributed by atoms with Crippen molar-refractivity contribution >= 4 is 23.3 Å². The smallest absolute Gasteiger partial charge is 0.319 e. The van der Waals surface area contributed by atoms with Gasteiger partial charge in [-0.05, 0) is 101 Å². The van der Waals surface area contributed by atoms with Crippen molar-refractivity contribution in [3.8, 4) is 22.6 Å². The quantitative estimate of drug-likeness (QED) is 0.0974. The number of hydrogen-bond acceptors (Lipinski definition) is 7. The van der Waals surface area contributed by atoms with Crippen LogP contribution < -0.4 is 15.4 Å². The van der Waals surface area contributed by atoms with Crippen molar-refractivity contribution in [3.63, 3.8) is 0 Å². The molecule has 2 fully saturated rings. The Morgan fingerprint density at radius 3 is 2.15 bits per heavy atom. The van der Waals surface area contributed by atoms with Gasteiger partial charge in [-0.3, -0.25) is 0 Å². The third kappa shape index (κ3) is 10.4. The number of carbonyl (C=O) groups excluding carboxylic acids is 1. The molecule has 3 unspecified atom stereocenters. The number of halogens is 1. The molecule has 2 aliphatic heterocycles. The fourth-order valence-electron chi connectivity index (χ4n) is 7.76. The fraction of sp³-hybridized carbons (Fsp3) is 0.245. The molecular formula is C49H48ClN3O6. The van der Waals surface area contributed by atoms with Crippen LogP contribution in [0.2, 0.25) is 5.02 Å². The van der Waals surface area contributed by atoms with Crippen molar-refractivity contribution < 1.29 is 29.2 Å². The number of rotatable bonds is 12. The number of nitrogens with one attached hydrogen (secondary N) is 2. The number of amides is 2. The number of likely N-dealkylation sites (tertiary alicyclic amines) is 1. The molecule has 0 radical (unpaired) electrons. The summed E-state index contributed by atoms with van der Waals surface area (Å²) in [5.41, 5.74) is 6.52. The first-order valence-corrected chi connectivity index (χ1v) is 20.4. The minimum atomic E-state index is -0.878. The van der Waals surface area contributed by atoms with Gasteiger partial charge in [0.25, 0.3) is 0 Å². The summed E-state index contributed by atoms with van der Waals surface area (Å²) in [6.45, 7) is 2.55. The maximum Gasteiger partial charge on any atom is 0.319 e. The van der Waals surface area contributed by atoms with Gasteiger partial charge in [0.15, 0.2) is 6.29 Å². The first-order valence-electron chi connectivity index (χ1n) is 20.1. The summed E-state index contributed by atoms with van der Waals surface area (Å²) in [7, 11) is 0. The molecular weight excluding hydrogens is 762 g/mol. The molecule has 4 N–H and O–H groups in total. The Balaban J connectivity index is 0.890. The van der Waals surface area contributed by atoms with E-state index in [1.165, 1.54) is 0 Å². The molecule has 8 rings (SSSR count). The predicted molar refractivity (Wildman–Crippen MR) is 230 cm³/mol. The highest BCUT2D eigenvalue weighted by Crippen LogP contribution is 2.40. The third-order valence-corrected chi connectivity index (χ3v) is 11.4. The number of aliphatic hydroxyl groups excluding tert-OH is 1. The molecule has 2 saturated heterocycles. The lowest BCUT2D eigenvalue weighted by atomic mass is 9.84. The molecule has 59 heavy (non-hydrogen) atoms. The molecule has 6 aromatic carbocycles. The number of carbonyl (C=O) groups is 1. The van der Waals surface area contributed by atoms with Crippen LogP contribution in [0, 0.1) is 0 Å². The van der Waals surface area contributed by atoms with E-state index in [0.717, 1.165) is 57.8 Å². The first kappa shape index (κ1) is 40.3. The number of aliphatic hydroxyl groups is 2. The van der Waals surface area contributed by atoms with Gasteiger partial charge in [0.1, 0.15) is 11.5 Å². The van der Waals surface area contributed by atoms with Crippen LogP contribution in [-0.4, -0.2) is 46.9 Å². The number of hydrogen-bond donors (Lipinski definition) is 4. The molecule has 10 heteroatoms. The zero-order valence-electron chi connectivity index (χ0n) is 32.7. The highest BCUT2D eigenvalue weighted by atomic mass is 35.5. The number of ether oxygens (including phenoxy) is 3. The van der Waals surface area contributed by atoms with Crippen molar-refractivity contribution in [1.82, 2.24) is 10.2 Å². The van der Waals surface area contributed by atoms with Gasteiger partial charge in [0.05, 0.1) is 24.4 Å². The molecule has 6 aromatic rings. The van der Waals surface area contributed by atoms with Crippen LogP contribution in [0.4, 0.5) is 10.5 Å². The summed E-state index contributed by atoms with van der Waals surface area (Å²) in [6, 6.07) is 48.3. The van der Waals surface area contributed by atoms with Gasteiger partial charge in [0, 0.05) is 48.9 Å². The second-order valence-corrected chi connectivity index (χ2v) is 15.7. The van der Waals surface area contributed by atoms with Crippen LogP contribution in [0.25, 0.3) is 11.1 Å². The lowest BCUT2D eigenvalue weighted by Gasteiger charge is -2.42. The number of urea groups is 1. The molecule has 0 aliphatic carbocycles. The van der Waals surface area contributed by atoms with Crippen LogP contribution in [0.5, 0.6) is 11.5 Å². The standard InChI is InChI=1S/C49H48ClN3O6/c50-41-19-17-40(18-20-41)49(56)25-27-53(28-26-49)32-45-30-46(37-11-9-34(33-54)10-12-37)59-47(58-45)38-15-13-36(14-16-38)39-6-4-5-35(29-39)31-51-48(55)52-42-21-23-44(24-22-42)57-43-7-2-1-3-8-43/h1-24,29,45-47,54,56H,25-28,30-33H2,(H2,51,52,55). The molecule has 302 valence electrons. The highest BCUT2D eigenvalue weighted by Gasteiger charge is 2.37. The van der Waals surface area contributed by atoms with Gasteiger partial charge in [-0.2, -0.15) is 0 Å². The summed E-state index contributed by atoms with van der Waals surface area (Å²) >= 11 is 6.11. The van der Waals surface area contributed by atoms with E-state index in [0.29, 0.717) is 48.8 Å². The molecule has 2 heterocycles. The Morgan fingerprint density at radius 2 is 1.44 bits per heavy atom. The third-order valence-electron chi connectivity index (χ3n) is 11.1. The fourth-order valence-corrected chi connectivity index (χ4v) is 7.88. The maximum atomic E-state index is 12.8. The monoisotopic (exact) mass is 809 g/mol. The van der Waals surface area contributed by atoms with Gasteiger partial charge < -0.3 is 40.0 Å². The second kappa shape index (κ2) is 18.6.